The van der Waals surface area contributed by atoms with Gasteiger partial charge in [-0.05, 0) is 36.4 Å². The molecule has 0 saturated carbocycles. The fraction of sp³-hybridized carbons (Fsp3) is 0. The Morgan fingerprint density at radius 3 is 2.71 bits per heavy atom. The number of carbonyl (C=O) groups is 1. The largest absolute Gasteiger partial charge is 0.321 e. The molecule has 0 fully saturated rings. The van der Waals surface area contributed by atoms with E-state index in [1.54, 1.807) is 17.8 Å². The Balaban J connectivity index is 1.77. The molecule has 0 aliphatic carbocycles. The molecule has 6 heteroatoms. The van der Waals surface area contributed by atoms with E-state index in [1.807, 2.05) is 36.4 Å². The standard InChI is InChI=1S/C15H10BrN3OS/c16-11-3-5-12(6-4-11)18-14(20)13-9-21-15(19-13)10-2-1-7-17-8-10/h1-9H,(H,18,20). The lowest BCUT2D eigenvalue weighted by atomic mass is 10.3. The molecule has 104 valence electrons. The van der Waals surface area contributed by atoms with Gasteiger partial charge >= 0.3 is 0 Å². The molecule has 2 heterocycles. The van der Waals surface area contributed by atoms with Gasteiger partial charge in [0.15, 0.2) is 0 Å². The van der Waals surface area contributed by atoms with Crippen LogP contribution in [0.1, 0.15) is 10.5 Å². The van der Waals surface area contributed by atoms with Crippen LogP contribution in [0, 0.1) is 0 Å². The molecule has 0 atom stereocenters. The van der Waals surface area contributed by atoms with E-state index in [4.69, 9.17) is 0 Å². The highest BCUT2D eigenvalue weighted by molar-refractivity contribution is 9.10. The summed E-state index contributed by atoms with van der Waals surface area (Å²) in [6.07, 6.45) is 3.44. The van der Waals surface area contributed by atoms with E-state index >= 15 is 0 Å². The van der Waals surface area contributed by atoms with Crippen molar-refractivity contribution in [2.24, 2.45) is 0 Å². The van der Waals surface area contributed by atoms with Crippen LogP contribution in [0.5, 0.6) is 0 Å². The van der Waals surface area contributed by atoms with Crippen LogP contribution in [-0.2, 0) is 0 Å². The normalized spacial score (nSPS) is 10.3. The molecule has 4 nitrogen and oxygen atoms in total. The molecule has 21 heavy (non-hydrogen) atoms. The Bertz CT molecular complexity index is 756. The van der Waals surface area contributed by atoms with Crippen molar-refractivity contribution in [3.05, 3.63) is 64.3 Å². The number of nitrogens with one attached hydrogen (secondary N) is 1. The van der Waals surface area contributed by atoms with E-state index in [-0.39, 0.29) is 5.91 Å². The minimum Gasteiger partial charge on any atom is -0.321 e. The first-order valence-corrected chi connectivity index (χ1v) is 7.82. The first-order valence-electron chi connectivity index (χ1n) is 6.15. The van der Waals surface area contributed by atoms with Crippen LogP contribution in [0.2, 0.25) is 0 Å². The lowest BCUT2D eigenvalue weighted by Gasteiger charge is -2.02. The van der Waals surface area contributed by atoms with Gasteiger partial charge in [0, 0.05) is 33.5 Å². The molecule has 3 rings (SSSR count). The van der Waals surface area contributed by atoms with Gasteiger partial charge in [0.1, 0.15) is 10.7 Å². The number of halogens is 1. The molecular formula is C15H10BrN3OS. The average Bonchev–Trinajstić information content (AvgIpc) is 3.00. The van der Waals surface area contributed by atoms with Crippen LogP contribution in [0.3, 0.4) is 0 Å². The van der Waals surface area contributed by atoms with Crippen molar-refractivity contribution < 1.29 is 4.79 Å². The summed E-state index contributed by atoms with van der Waals surface area (Å²) in [5, 5.41) is 5.35. The predicted molar refractivity (Wildman–Crippen MR) is 87.4 cm³/mol. The van der Waals surface area contributed by atoms with Gasteiger partial charge in [0.05, 0.1) is 0 Å². The quantitative estimate of drug-likeness (QED) is 0.761. The molecule has 0 spiro atoms. The molecule has 0 bridgehead atoms. The van der Waals surface area contributed by atoms with Gasteiger partial charge in [-0.1, -0.05) is 15.9 Å². The molecule has 1 aromatic carbocycles. The molecule has 1 amide bonds. The minimum atomic E-state index is -0.219. The number of hydrogen-bond acceptors (Lipinski definition) is 4. The maximum Gasteiger partial charge on any atom is 0.275 e. The SMILES string of the molecule is O=C(Nc1ccc(Br)cc1)c1csc(-c2cccnc2)n1. The molecule has 0 radical (unpaired) electrons. The predicted octanol–water partition coefficient (Wildman–Crippen LogP) is 4.22. The highest BCUT2D eigenvalue weighted by Crippen LogP contribution is 2.23. The van der Waals surface area contributed by atoms with E-state index in [9.17, 15) is 4.79 Å². The van der Waals surface area contributed by atoms with Gasteiger partial charge in [0.25, 0.3) is 5.91 Å². The minimum absolute atomic E-state index is 0.219. The topological polar surface area (TPSA) is 54.9 Å². The molecule has 0 saturated heterocycles. The molecular weight excluding hydrogens is 350 g/mol. The summed E-state index contributed by atoms with van der Waals surface area (Å²) in [6, 6.07) is 11.2. The maximum atomic E-state index is 12.1. The Kier molecular flexibility index (Phi) is 4.08. The number of aromatic nitrogens is 2. The second-order valence-corrected chi connectivity index (χ2v) is 6.01. The fourth-order valence-electron chi connectivity index (χ4n) is 1.73. The zero-order valence-electron chi connectivity index (χ0n) is 10.8. The van der Waals surface area contributed by atoms with Crippen molar-refractivity contribution in [2.45, 2.75) is 0 Å². The number of carbonyl (C=O) groups excluding carboxylic acids is 1. The second-order valence-electron chi connectivity index (χ2n) is 4.24. The Morgan fingerprint density at radius 2 is 2.00 bits per heavy atom. The number of pyridine rings is 1. The van der Waals surface area contributed by atoms with Crippen molar-refractivity contribution in [1.82, 2.24) is 9.97 Å². The number of rotatable bonds is 3. The third-order valence-corrected chi connectivity index (χ3v) is 4.17. The van der Waals surface area contributed by atoms with Gasteiger partial charge in [-0.25, -0.2) is 4.98 Å². The summed E-state index contributed by atoms with van der Waals surface area (Å²) in [5.74, 6) is -0.219. The molecule has 0 unspecified atom stereocenters. The smallest absolute Gasteiger partial charge is 0.275 e. The van der Waals surface area contributed by atoms with Gasteiger partial charge in [-0.15, -0.1) is 11.3 Å². The lowest BCUT2D eigenvalue weighted by molar-refractivity contribution is 0.102. The van der Waals surface area contributed by atoms with Gasteiger partial charge in [0.2, 0.25) is 0 Å². The number of anilines is 1. The van der Waals surface area contributed by atoms with Crippen molar-refractivity contribution in [3.8, 4) is 10.6 Å². The lowest BCUT2D eigenvalue weighted by Crippen LogP contribution is -2.12. The molecule has 2 aromatic heterocycles. The van der Waals surface area contributed by atoms with Crippen molar-refractivity contribution in [3.63, 3.8) is 0 Å². The summed E-state index contributed by atoms with van der Waals surface area (Å²) in [7, 11) is 0. The monoisotopic (exact) mass is 359 g/mol. The van der Waals surface area contributed by atoms with Crippen LogP contribution in [-0.4, -0.2) is 15.9 Å². The Morgan fingerprint density at radius 1 is 1.19 bits per heavy atom. The maximum absolute atomic E-state index is 12.1. The van der Waals surface area contributed by atoms with Gasteiger partial charge in [-0.3, -0.25) is 9.78 Å². The number of hydrogen-bond donors (Lipinski definition) is 1. The average molecular weight is 360 g/mol. The summed E-state index contributed by atoms with van der Waals surface area (Å²) in [5.41, 5.74) is 2.05. The van der Waals surface area contributed by atoms with Crippen LogP contribution in [0.15, 0.2) is 58.6 Å². The molecule has 1 N–H and O–H groups in total. The van der Waals surface area contributed by atoms with Crippen LogP contribution in [0.25, 0.3) is 10.6 Å². The molecule has 3 aromatic rings. The first kappa shape index (κ1) is 13.9. The number of thiazole rings is 1. The summed E-state index contributed by atoms with van der Waals surface area (Å²) < 4.78 is 0.966. The number of benzene rings is 1. The Hall–Kier alpha value is -2.05. The summed E-state index contributed by atoms with van der Waals surface area (Å²) >= 11 is 4.78. The van der Waals surface area contributed by atoms with Crippen molar-refractivity contribution >= 4 is 38.9 Å². The number of amides is 1. The third-order valence-electron chi connectivity index (χ3n) is 2.75. The molecule has 0 aliphatic heterocycles. The van der Waals surface area contributed by atoms with Crippen LogP contribution < -0.4 is 5.32 Å². The van der Waals surface area contributed by atoms with Crippen LogP contribution in [0.4, 0.5) is 5.69 Å². The highest BCUT2D eigenvalue weighted by atomic mass is 79.9. The van der Waals surface area contributed by atoms with E-state index in [1.165, 1.54) is 11.3 Å². The van der Waals surface area contributed by atoms with E-state index in [0.29, 0.717) is 5.69 Å². The first-order chi connectivity index (χ1) is 10.2. The Labute approximate surface area is 134 Å². The van der Waals surface area contributed by atoms with E-state index in [0.717, 1.165) is 20.7 Å². The van der Waals surface area contributed by atoms with Crippen molar-refractivity contribution in [2.75, 3.05) is 5.32 Å². The summed E-state index contributed by atoms with van der Waals surface area (Å²) in [6.45, 7) is 0. The van der Waals surface area contributed by atoms with Gasteiger partial charge in [-0.2, -0.15) is 0 Å². The van der Waals surface area contributed by atoms with Crippen LogP contribution >= 0.6 is 27.3 Å². The number of nitrogens with zero attached hydrogens (tertiary/aromatic N) is 2. The van der Waals surface area contributed by atoms with Crippen molar-refractivity contribution in [1.29, 1.82) is 0 Å². The van der Waals surface area contributed by atoms with Gasteiger partial charge < -0.3 is 5.32 Å². The zero-order chi connectivity index (χ0) is 14.7. The fourth-order valence-corrected chi connectivity index (χ4v) is 2.78. The highest BCUT2D eigenvalue weighted by Gasteiger charge is 2.12. The summed E-state index contributed by atoms with van der Waals surface area (Å²) in [4.78, 5) is 20.6. The third kappa shape index (κ3) is 3.34. The second kappa shape index (κ2) is 6.15. The van der Waals surface area contributed by atoms with E-state index < -0.39 is 0 Å². The van der Waals surface area contributed by atoms with E-state index in [2.05, 4.69) is 31.2 Å². The molecule has 0 aliphatic rings. The zero-order valence-corrected chi connectivity index (χ0v) is 13.2.